The lowest BCUT2D eigenvalue weighted by Gasteiger charge is -2.39. The molecular formula is C15H22FN. The monoisotopic (exact) mass is 235 g/mol. The number of rotatable bonds is 3. The molecule has 1 atom stereocenters. The van der Waals surface area contributed by atoms with E-state index in [1.54, 1.807) is 0 Å². The van der Waals surface area contributed by atoms with Crippen molar-refractivity contribution in [2.45, 2.75) is 51.5 Å². The second-order valence-electron chi connectivity index (χ2n) is 5.65. The average Bonchev–Trinajstić information content (AvgIpc) is 2.33. The average molecular weight is 235 g/mol. The van der Waals surface area contributed by atoms with E-state index in [1.165, 1.54) is 44.2 Å². The van der Waals surface area contributed by atoms with Gasteiger partial charge in [-0.25, -0.2) is 4.39 Å². The highest BCUT2D eigenvalue weighted by Crippen LogP contribution is 2.38. The lowest BCUT2D eigenvalue weighted by Crippen LogP contribution is -2.42. The Bertz CT molecular complexity index is 352. The minimum Gasteiger partial charge on any atom is -0.327 e. The maximum absolute atomic E-state index is 12.8. The predicted molar refractivity (Wildman–Crippen MR) is 69.3 cm³/mol. The zero-order chi connectivity index (χ0) is 12.3. The van der Waals surface area contributed by atoms with Gasteiger partial charge in [-0.3, -0.25) is 0 Å². The van der Waals surface area contributed by atoms with Gasteiger partial charge in [0.05, 0.1) is 0 Å². The molecule has 0 aliphatic heterocycles. The van der Waals surface area contributed by atoms with Gasteiger partial charge < -0.3 is 5.73 Å². The predicted octanol–water partition coefficient (Wildman–Crippen LogP) is 3.67. The zero-order valence-corrected chi connectivity index (χ0v) is 10.6. The highest BCUT2D eigenvalue weighted by molar-refractivity contribution is 5.17. The highest BCUT2D eigenvalue weighted by atomic mass is 19.1. The first-order valence-corrected chi connectivity index (χ1v) is 6.60. The van der Waals surface area contributed by atoms with Crippen LogP contribution in [0.3, 0.4) is 0 Å². The number of nitrogens with two attached hydrogens (primary N) is 1. The van der Waals surface area contributed by atoms with Crippen LogP contribution in [0.4, 0.5) is 4.39 Å². The van der Waals surface area contributed by atoms with E-state index in [1.807, 2.05) is 12.1 Å². The molecule has 2 rings (SSSR count). The van der Waals surface area contributed by atoms with E-state index < -0.39 is 0 Å². The van der Waals surface area contributed by atoms with E-state index >= 15 is 0 Å². The van der Waals surface area contributed by atoms with Crippen LogP contribution in [-0.4, -0.2) is 6.04 Å². The van der Waals surface area contributed by atoms with E-state index in [-0.39, 0.29) is 17.3 Å². The molecule has 1 nitrogen and oxygen atoms in total. The summed E-state index contributed by atoms with van der Waals surface area (Å²) in [5, 5.41) is 0. The molecular weight excluding hydrogens is 213 g/mol. The third-order valence-corrected chi connectivity index (χ3v) is 4.26. The van der Waals surface area contributed by atoms with E-state index in [9.17, 15) is 4.39 Å². The van der Waals surface area contributed by atoms with E-state index in [0.29, 0.717) is 0 Å². The molecule has 1 aliphatic carbocycles. The molecule has 1 aromatic carbocycles. The van der Waals surface area contributed by atoms with Crippen molar-refractivity contribution in [3.63, 3.8) is 0 Å². The van der Waals surface area contributed by atoms with Gasteiger partial charge in [0.2, 0.25) is 0 Å². The SMILES string of the molecule is CC1(C(N)Cc2ccc(F)cc2)CCCCC1. The molecule has 94 valence electrons. The Labute approximate surface area is 103 Å². The van der Waals surface area contributed by atoms with Gasteiger partial charge in [-0.1, -0.05) is 38.3 Å². The van der Waals surface area contributed by atoms with Crippen LogP contribution in [-0.2, 0) is 6.42 Å². The van der Waals surface area contributed by atoms with Gasteiger partial charge in [0, 0.05) is 6.04 Å². The van der Waals surface area contributed by atoms with Gasteiger partial charge in [0.15, 0.2) is 0 Å². The first kappa shape index (κ1) is 12.6. The van der Waals surface area contributed by atoms with E-state index in [2.05, 4.69) is 6.92 Å². The molecule has 1 unspecified atom stereocenters. The molecule has 0 heterocycles. The molecule has 1 aliphatic rings. The Hall–Kier alpha value is -0.890. The molecule has 17 heavy (non-hydrogen) atoms. The molecule has 2 N–H and O–H groups in total. The van der Waals surface area contributed by atoms with Crippen LogP contribution in [0, 0.1) is 11.2 Å². The molecule has 1 fully saturated rings. The fraction of sp³-hybridized carbons (Fsp3) is 0.600. The summed E-state index contributed by atoms with van der Waals surface area (Å²) >= 11 is 0. The van der Waals surface area contributed by atoms with E-state index in [4.69, 9.17) is 5.73 Å². The minimum atomic E-state index is -0.175. The quantitative estimate of drug-likeness (QED) is 0.850. The van der Waals surface area contributed by atoms with Gasteiger partial charge in [-0.2, -0.15) is 0 Å². The Morgan fingerprint density at radius 2 is 1.76 bits per heavy atom. The Kier molecular flexibility index (Phi) is 3.82. The maximum Gasteiger partial charge on any atom is 0.123 e. The van der Waals surface area contributed by atoms with Crippen molar-refractivity contribution in [1.29, 1.82) is 0 Å². The van der Waals surface area contributed by atoms with Crippen LogP contribution in [0.2, 0.25) is 0 Å². The van der Waals surface area contributed by atoms with Crippen LogP contribution in [0.1, 0.15) is 44.6 Å². The minimum absolute atomic E-state index is 0.175. The number of halogens is 1. The summed E-state index contributed by atoms with van der Waals surface area (Å²) in [6, 6.07) is 6.92. The molecule has 0 aromatic heterocycles. The zero-order valence-electron chi connectivity index (χ0n) is 10.6. The molecule has 0 amide bonds. The van der Waals surface area contributed by atoms with E-state index in [0.717, 1.165) is 12.0 Å². The molecule has 0 saturated heterocycles. The lowest BCUT2D eigenvalue weighted by molar-refractivity contribution is 0.169. The molecule has 0 spiro atoms. The van der Waals surface area contributed by atoms with Gasteiger partial charge >= 0.3 is 0 Å². The fourth-order valence-corrected chi connectivity index (χ4v) is 2.85. The van der Waals surface area contributed by atoms with Crippen LogP contribution in [0.25, 0.3) is 0 Å². The number of benzene rings is 1. The summed E-state index contributed by atoms with van der Waals surface area (Å²) in [5.41, 5.74) is 7.77. The van der Waals surface area contributed by atoms with Crippen LogP contribution < -0.4 is 5.73 Å². The normalized spacial score (nSPS) is 21.1. The summed E-state index contributed by atoms with van der Waals surface area (Å²) in [6.07, 6.45) is 7.27. The first-order chi connectivity index (χ1) is 8.10. The highest BCUT2D eigenvalue weighted by Gasteiger charge is 2.32. The van der Waals surface area contributed by atoms with Crippen molar-refractivity contribution < 1.29 is 4.39 Å². The standard InChI is InChI=1S/C15H22FN/c1-15(9-3-2-4-10-15)14(17)11-12-5-7-13(16)8-6-12/h5-8,14H,2-4,9-11,17H2,1H3. The first-order valence-electron chi connectivity index (χ1n) is 6.60. The second kappa shape index (κ2) is 5.18. The van der Waals surface area contributed by atoms with Gasteiger partial charge in [0.1, 0.15) is 5.82 Å². The number of hydrogen-bond donors (Lipinski definition) is 1. The Morgan fingerprint density at radius 1 is 1.18 bits per heavy atom. The Balaban J connectivity index is 2.00. The van der Waals surface area contributed by atoms with Crippen molar-refractivity contribution in [2.24, 2.45) is 11.1 Å². The summed E-state index contributed by atoms with van der Waals surface area (Å²) in [6.45, 7) is 2.31. The van der Waals surface area contributed by atoms with Crippen LogP contribution in [0.15, 0.2) is 24.3 Å². The van der Waals surface area contributed by atoms with Crippen molar-refractivity contribution in [3.05, 3.63) is 35.6 Å². The van der Waals surface area contributed by atoms with Gasteiger partial charge in [0.25, 0.3) is 0 Å². The molecule has 1 aromatic rings. The lowest BCUT2D eigenvalue weighted by atomic mass is 9.69. The van der Waals surface area contributed by atoms with Crippen molar-refractivity contribution >= 4 is 0 Å². The maximum atomic E-state index is 12.8. The summed E-state index contributed by atoms with van der Waals surface area (Å²) in [5.74, 6) is -0.175. The third-order valence-electron chi connectivity index (χ3n) is 4.26. The van der Waals surface area contributed by atoms with Crippen LogP contribution >= 0.6 is 0 Å². The van der Waals surface area contributed by atoms with Crippen molar-refractivity contribution in [2.75, 3.05) is 0 Å². The molecule has 0 bridgehead atoms. The van der Waals surface area contributed by atoms with Gasteiger partial charge in [-0.15, -0.1) is 0 Å². The summed E-state index contributed by atoms with van der Waals surface area (Å²) < 4.78 is 12.8. The van der Waals surface area contributed by atoms with Crippen molar-refractivity contribution in [3.8, 4) is 0 Å². The molecule has 1 saturated carbocycles. The van der Waals surface area contributed by atoms with Gasteiger partial charge in [-0.05, 0) is 42.4 Å². The van der Waals surface area contributed by atoms with Crippen molar-refractivity contribution in [1.82, 2.24) is 0 Å². The number of hydrogen-bond acceptors (Lipinski definition) is 1. The van der Waals surface area contributed by atoms with Crippen LogP contribution in [0.5, 0.6) is 0 Å². The summed E-state index contributed by atoms with van der Waals surface area (Å²) in [4.78, 5) is 0. The molecule has 0 radical (unpaired) electrons. The largest absolute Gasteiger partial charge is 0.327 e. The summed E-state index contributed by atoms with van der Waals surface area (Å²) in [7, 11) is 0. The molecule has 2 heteroatoms. The smallest absolute Gasteiger partial charge is 0.123 e. The second-order valence-corrected chi connectivity index (χ2v) is 5.65. The topological polar surface area (TPSA) is 26.0 Å². The third kappa shape index (κ3) is 3.06. The fourth-order valence-electron chi connectivity index (χ4n) is 2.85. The Morgan fingerprint density at radius 3 is 2.35 bits per heavy atom.